The first-order chi connectivity index (χ1) is 12.6. The normalized spacial score (nSPS) is 16.9. The average Bonchev–Trinajstić information content (AvgIpc) is 3.11. The van der Waals surface area contributed by atoms with E-state index in [1.54, 1.807) is 0 Å². The molecule has 1 unspecified atom stereocenters. The molecule has 0 bridgehead atoms. The number of hydrogen-bond acceptors (Lipinski definition) is 3. The van der Waals surface area contributed by atoms with Crippen molar-refractivity contribution in [2.24, 2.45) is 4.99 Å². The second kappa shape index (κ2) is 13.3. The summed E-state index contributed by atoms with van der Waals surface area (Å²) in [5.74, 6) is 0.853. The fraction of sp³-hybridized carbons (Fsp3) is 0.667. The highest BCUT2D eigenvalue weighted by Crippen LogP contribution is 2.16. The summed E-state index contributed by atoms with van der Waals surface area (Å²) in [6.07, 6.45) is 4.58. The third-order valence-electron chi connectivity index (χ3n) is 4.82. The van der Waals surface area contributed by atoms with E-state index < -0.39 is 0 Å². The van der Waals surface area contributed by atoms with E-state index >= 15 is 0 Å². The van der Waals surface area contributed by atoms with Gasteiger partial charge in [0.05, 0.1) is 12.7 Å². The molecule has 27 heavy (non-hydrogen) atoms. The van der Waals surface area contributed by atoms with Crippen molar-refractivity contribution in [1.82, 2.24) is 10.6 Å². The summed E-state index contributed by atoms with van der Waals surface area (Å²) in [4.78, 5) is 4.29. The van der Waals surface area contributed by atoms with Crippen LogP contribution in [0.4, 0.5) is 0 Å². The summed E-state index contributed by atoms with van der Waals surface area (Å²) in [6, 6.07) is 4.51. The van der Waals surface area contributed by atoms with Crippen LogP contribution in [0.25, 0.3) is 0 Å². The van der Waals surface area contributed by atoms with E-state index in [1.165, 1.54) is 28.7 Å². The van der Waals surface area contributed by atoms with Gasteiger partial charge in [0.1, 0.15) is 0 Å². The summed E-state index contributed by atoms with van der Waals surface area (Å²) in [6.45, 7) is 10.6. The molecule has 1 aromatic rings. The van der Waals surface area contributed by atoms with Gasteiger partial charge < -0.3 is 20.1 Å². The molecule has 0 spiro atoms. The van der Waals surface area contributed by atoms with Crippen LogP contribution in [0.3, 0.4) is 0 Å². The van der Waals surface area contributed by atoms with Crippen LogP contribution in [-0.4, -0.2) is 52.0 Å². The first-order valence-corrected chi connectivity index (χ1v) is 9.80. The largest absolute Gasteiger partial charge is 0.379 e. The molecular formula is C21H36IN3O2. The molecule has 2 N–H and O–H groups in total. The molecule has 1 aromatic carbocycles. The topological polar surface area (TPSA) is 54.9 Å². The smallest absolute Gasteiger partial charge is 0.190 e. The molecule has 154 valence electrons. The van der Waals surface area contributed by atoms with E-state index in [2.05, 4.69) is 48.5 Å². The van der Waals surface area contributed by atoms with Crippen LogP contribution in [0.15, 0.2) is 17.1 Å². The van der Waals surface area contributed by atoms with Crippen molar-refractivity contribution in [1.29, 1.82) is 0 Å². The molecule has 5 nitrogen and oxygen atoms in total. The van der Waals surface area contributed by atoms with Crippen LogP contribution in [0.1, 0.15) is 41.5 Å². The third-order valence-corrected chi connectivity index (χ3v) is 4.82. The molecule has 0 radical (unpaired) electrons. The van der Waals surface area contributed by atoms with Gasteiger partial charge in [-0.1, -0.05) is 17.7 Å². The first kappa shape index (κ1) is 24.2. The lowest BCUT2D eigenvalue weighted by Gasteiger charge is -2.15. The Labute approximate surface area is 181 Å². The Hall–Kier alpha value is -0.860. The van der Waals surface area contributed by atoms with Crippen molar-refractivity contribution in [3.8, 4) is 0 Å². The fourth-order valence-corrected chi connectivity index (χ4v) is 3.50. The predicted octanol–water partition coefficient (Wildman–Crippen LogP) is 3.52. The zero-order valence-corrected chi connectivity index (χ0v) is 19.6. The van der Waals surface area contributed by atoms with E-state index in [0.717, 1.165) is 58.1 Å². The Morgan fingerprint density at radius 3 is 2.52 bits per heavy atom. The van der Waals surface area contributed by atoms with Crippen molar-refractivity contribution in [2.75, 3.05) is 40.0 Å². The van der Waals surface area contributed by atoms with Crippen LogP contribution < -0.4 is 10.6 Å². The molecule has 0 aromatic heterocycles. The Morgan fingerprint density at radius 1 is 1.19 bits per heavy atom. The van der Waals surface area contributed by atoms with Crippen LogP contribution in [0, 0.1) is 20.8 Å². The zero-order chi connectivity index (χ0) is 18.8. The number of rotatable bonds is 9. The van der Waals surface area contributed by atoms with Gasteiger partial charge >= 0.3 is 0 Å². The third kappa shape index (κ3) is 8.79. The maximum absolute atomic E-state index is 5.68. The van der Waals surface area contributed by atoms with E-state index in [4.69, 9.17) is 9.47 Å². The molecule has 2 rings (SSSR count). The highest BCUT2D eigenvalue weighted by molar-refractivity contribution is 14.0. The van der Waals surface area contributed by atoms with E-state index in [1.807, 2.05) is 7.05 Å². The highest BCUT2D eigenvalue weighted by Gasteiger charge is 2.14. The van der Waals surface area contributed by atoms with Crippen molar-refractivity contribution in [3.63, 3.8) is 0 Å². The van der Waals surface area contributed by atoms with Gasteiger partial charge in [-0.05, 0) is 63.1 Å². The van der Waals surface area contributed by atoms with Gasteiger partial charge in [0, 0.05) is 33.4 Å². The second-order valence-corrected chi connectivity index (χ2v) is 7.12. The number of halogens is 1. The summed E-state index contributed by atoms with van der Waals surface area (Å²) in [7, 11) is 1.81. The van der Waals surface area contributed by atoms with Crippen LogP contribution >= 0.6 is 24.0 Å². The monoisotopic (exact) mass is 489 g/mol. The molecule has 1 aliphatic rings. The van der Waals surface area contributed by atoms with E-state index in [-0.39, 0.29) is 24.0 Å². The highest BCUT2D eigenvalue weighted by atomic mass is 127. The molecule has 1 atom stereocenters. The molecule has 0 amide bonds. The number of nitrogens with one attached hydrogen (secondary N) is 2. The maximum atomic E-state index is 5.68. The van der Waals surface area contributed by atoms with Gasteiger partial charge in [-0.3, -0.25) is 4.99 Å². The molecule has 1 aliphatic heterocycles. The van der Waals surface area contributed by atoms with Crippen molar-refractivity contribution in [2.45, 2.75) is 52.6 Å². The number of guanidine groups is 1. The van der Waals surface area contributed by atoms with Crippen molar-refractivity contribution < 1.29 is 9.47 Å². The van der Waals surface area contributed by atoms with Crippen molar-refractivity contribution in [3.05, 3.63) is 34.4 Å². The number of benzene rings is 1. The van der Waals surface area contributed by atoms with Gasteiger partial charge in [0.2, 0.25) is 0 Å². The molecule has 0 saturated carbocycles. The lowest BCUT2D eigenvalue weighted by Crippen LogP contribution is -2.39. The number of nitrogens with zero attached hydrogens (tertiary/aromatic N) is 1. The lowest BCUT2D eigenvalue weighted by atomic mass is 9.97. The predicted molar refractivity (Wildman–Crippen MR) is 124 cm³/mol. The van der Waals surface area contributed by atoms with Crippen LogP contribution in [0.2, 0.25) is 0 Å². The van der Waals surface area contributed by atoms with E-state index in [0.29, 0.717) is 6.10 Å². The molecule has 1 fully saturated rings. The Bertz CT molecular complexity index is 564. The van der Waals surface area contributed by atoms with Crippen LogP contribution in [-0.2, 0) is 15.9 Å². The maximum Gasteiger partial charge on any atom is 0.190 e. The number of ether oxygens (including phenoxy) is 2. The fourth-order valence-electron chi connectivity index (χ4n) is 3.50. The minimum atomic E-state index is 0. The minimum Gasteiger partial charge on any atom is -0.379 e. The van der Waals surface area contributed by atoms with Gasteiger partial charge in [0.15, 0.2) is 5.96 Å². The number of aliphatic imine (C=N–C) groups is 1. The quantitative estimate of drug-likeness (QED) is 0.241. The zero-order valence-electron chi connectivity index (χ0n) is 17.3. The number of hydrogen-bond donors (Lipinski definition) is 2. The van der Waals surface area contributed by atoms with Gasteiger partial charge in [0.25, 0.3) is 0 Å². The Morgan fingerprint density at radius 2 is 1.89 bits per heavy atom. The minimum absolute atomic E-state index is 0. The molecule has 1 saturated heterocycles. The number of aryl methyl sites for hydroxylation is 3. The SMILES string of the molecule is CN=C(NCCCOCC1CCCO1)NCCc1c(C)cc(C)cc1C.I. The second-order valence-electron chi connectivity index (χ2n) is 7.12. The summed E-state index contributed by atoms with van der Waals surface area (Å²) >= 11 is 0. The van der Waals surface area contributed by atoms with Gasteiger partial charge in [-0.25, -0.2) is 0 Å². The van der Waals surface area contributed by atoms with Crippen LogP contribution in [0.5, 0.6) is 0 Å². The van der Waals surface area contributed by atoms with Gasteiger partial charge in [-0.15, -0.1) is 24.0 Å². The van der Waals surface area contributed by atoms with Gasteiger partial charge in [-0.2, -0.15) is 0 Å². The summed E-state index contributed by atoms with van der Waals surface area (Å²) < 4.78 is 11.2. The molecular weight excluding hydrogens is 453 g/mol. The Kier molecular flexibility index (Phi) is 11.9. The van der Waals surface area contributed by atoms with E-state index in [9.17, 15) is 0 Å². The average molecular weight is 489 g/mol. The van der Waals surface area contributed by atoms with Crippen molar-refractivity contribution >= 4 is 29.9 Å². The standard InChI is InChI=1S/C21H35N3O2.HI/c1-16-13-17(2)20(18(3)14-16)8-10-24-21(22-4)23-9-6-11-25-15-19-7-5-12-26-19;/h13-14,19H,5-12,15H2,1-4H3,(H2,22,23,24);1H. The molecule has 1 heterocycles. The summed E-state index contributed by atoms with van der Waals surface area (Å²) in [5, 5.41) is 6.75. The lowest BCUT2D eigenvalue weighted by molar-refractivity contribution is 0.0168. The molecule has 0 aliphatic carbocycles. The molecule has 6 heteroatoms. The first-order valence-electron chi connectivity index (χ1n) is 9.80. The summed E-state index contributed by atoms with van der Waals surface area (Å²) in [5.41, 5.74) is 5.50. The Balaban J connectivity index is 0.00000364.